The van der Waals surface area contributed by atoms with Gasteiger partial charge in [-0.05, 0) is 37.3 Å². The topological polar surface area (TPSA) is 93.7 Å². The first-order chi connectivity index (χ1) is 14.8. The maximum atomic E-state index is 13.9. The minimum Gasteiger partial charge on any atom is -0.449 e. The van der Waals surface area contributed by atoms with Gasteiger partial charge in [0.25, 0.3) is 5.91 Å². The van der Waals surface area contributed by atoms with Crippen LogP contribution in [0.25, 0.3) is 0 Å². The van der Waals surface area contributed by atoms with Gasteiger partial charge in [0.05, 0.1) is 23.6 Å². The molecule has 0 aliphatic heterocycles. The van der Waals surface area contributed by atoms with Gasteiger partial charge in [0.2, 0.25) is 5.91 Å². The van der Waals surface area contributed by atoms with Crippen LogP contribution in [0.5, 0.6) is 0 Å². The zero-order valence-corrected chi connectivity index (χ0v) is 18.5. The van der Waals surface area contributed by atoms with Crippen molar-refractivity contribution in [2.24, 2.45) is 0 Å². The molecule has 2 N–H and O–H groups in total. The number of hydrogen-bond donors (Lipinski definition) is 2. The van der Waals surface area contributed by atoms with E-state index >= 15 is 0 Å². The molecule has 0 heterocycles. The van der Waals surface area contributed by atoms with Crippen LogP contribution in [0.15, 0.2) is 47.4 Å². The van der Waals surface area contributed by atoms with Gasteiger partial charge in [-0.15, -0.1) is 11.8 Å². The monoisotopic (exact) mass is 468 g/mol. The van der Waals surface area contributed by atoms with Gasteiger partial charge < -0.3 is 20.1 Å². The van der Waals surface area contributed by atoms with Gasteiger partial charge in [-0.25, -0.2) is 9.18 Å². The fourth-order valence-electron chi connectivity index (χ4n) is 2.35. The molecular formula is C21H22ClFN2O5S. The predicted molar refractivity (Wildman–Crippen MR) is 117 cm³/mol. The van der Waals surface area contributed by atoms with Crippen LogP contribution in [0.1, 0.15) is 17.3 Å². The van der Waals surface area contributed by atoms with Gasteiger partial charge in [-0.2, -0.15) is 0 Å². The molecule has 0 aliphatic carbocycles. The largest absolute Gasteiger partial charge is 0.449 e. The van der Waals surface area contributed by atoms with Crippen LogP contribution in [0.4, 0.5) is 10.1 Å². The fourth-order valence-corrected chi connectivity index (χ4v) is 3.38. The second kappa shape index (κ2) is 12.3. The van der Waals surface area contributed by atoms with Crippen LogP contribution in [-0.4, -0.2) is 49.9 Å². The summed E-state index contributed by atoms with van der Waals surface area (Å²) in [4.78, 5) is 37.3. The Hall–Kier alpha value is -2.62. The average molecular weight is 469 g/mol. The van der Waals surface area contributed by atoms with Crippen LogP contribution in [0.3, 0.4) is 0 Å². The summed E-state index contributed by atoms with van der Waals surface area (Å²) in [5.74, 6) is -2.24. The number of carbonyl (C=O) groups is 3. The molecule has 0 bridgehead atoms. The molecule has 0 aliphatic rings. The van der Waals surface area contributed by atoms with E-state index in [1.54, 1.807) is 18.2 Å². The number of rotatable bonds is 10. The van der Waals surface area contributed by atoms with E-state index in [-0.39, 0.29) is 27.9 Å². The van der Waals surface area contributed by atoms with E-state index in [0.717, 1.165) is 6.07 Å². The molecule has 2 amide bonds. The van der Waals surface area contributed by atoms with E-state index in [1.807, 2.05) is 0 Å². The zero-order chi connectivity index (χ0) is 22.8. The summed E-state index contributed by atoms with van der Waals surface area (Å²) >= 11 is 6.86. The summed E-state index contributed by atoms with van der Waals surface area (Å²) in [6.45, 7) is 2.17. The Morgan fingerprint density at radius 1 is 1.19 bits per heavy atom. The van der Waals surface area contributed by atoms with Crippen molar-refractivity contribution in [1.82, 2.24) is 5.32 Å². The van der Waals surface area contributed by atoms with Gasteiger partial charge in [0.15, 0.2) is 6.10 Å². The number of esters is 1. The first-order valence-corrected chi connectivity index (χ1v) is 10.6. The third-order valence-electron chi connectivity index (χ3n) is 3.94. The van der Waals surface area contributed by atoms with E-state index in [2.05, 4.69) is 10.6 Å². The highest BCUT2D eigenvalue weighted by molar-refractivity contribution is 8.00. The van der Waals surface area contributed by atoms with E-state index in [1.165, 1.54) is 44.0 Å². The number of nitrogens with one attached hydrogen (secondary N) is 2. The number of hydrogen-bond acceptors (Lipinski definition) is 6. The minimum atomic E-state index is -1.18. The standard InChI is InChI=1S/C21H22ClFN2O5S/c1-13(20(27)25-17-8-7-14(22)11-16(17)23)30-21(28)15-5-3-4-6-18(15)31-12-19(26)24-9-10-29-2/h3-8,11,13H,9-10,12H2,1-2H3,(H,24,26)(H,25,27). The van der Waals surface area contributed by atoms with Crippen molar-refractivity contribution < 1.29 is 28.2 Å². The summed E-state index contributed by atoms with van der Waals surface area (Å²) in [7, 11) is 1.54. The van der Waals surface area contributed by atoms with Crippen molar-refractivity contribution >= 4 is 46.8 Å². The molecule has 0 aromatic heterocycles. The van der Waals surface area contributed by atoms with Crippen LogP contribution in [0.2, 0.25) is 5.02 Å². The van der Waals surface area contributed by atoms with E-state index in [9.17, 15) is 18.8 Å². The quantitative estimate of drug-likeness (QED) is 0.315. The van der Waals surface area contributed by atoms with E-state index < -0.39 is 23.8 Å². The Morgan fingerprint density at radius 2 is 1.94 bits per heavy atom. The van der Waals surface area contributed by atoms with E-state index in [4.69, 9.17) is 21.1 Å². The summed E-state index contributed by atoms with van der Waals surface area (Å²) < 4.78 is 24.0. The summed E-state index contributed by atoms with van der Waals surface area (Å²) in [6, 6.07) is 10.4. The number of halogens is 2. The van der Waals surface area contributed by atoms with Crippen molar-refractivity contribution in [3.63, 3.8) is 0 Å². The Morgan fingerprint density at radius 3 is 2.65 bits per heavy atom. The second-order valence-electron chi connectivity index (χ2n) is 6.29. The van der Waals surface area contributed by atoms with Crippen molar-refractivity contribution in [2.75, 3.05) is 31.3 Å². The molecule has 2 rings (SSSR count). The number of carbonyl (C=O) groups excluding carboxylic acids is 3. The maximum Gasteiger partial charge on any atom is 0.340 e. The fraction of sp³-hybridized carbons (Fsp3) is 0.286. The average Bonchev–Trinajstić information content (AvgIpc) is 2.74. The van der Waals surface area contributed by atoms with Crippen molar-refractivity contribution in [3.05, 3.63) is 58.9 Å². The summed E-state index contributed by atoms with van der Waals surface area (Å²) in [5.41, 5.74) is 0.141. The third kappa shape index (κ3) is 7.86. The van der Waals surface area contributed by atoms with Crippen molar-refractivity contribution in [2.45, 2.75) is 17.9 Å². The molecule has 2 aromatic carbocycles. The van der Waals surface area contributed by atoms with E-state index in [0.29, 0.717) is 18.0 Å². The van der Waals surface area contributed by atoms with Crippen LogP contribution in [0, 0.1) is 5.82 Å². The molecule has 7 nitrogen and oxygen atoms in total. The lowest BCUT2D eigenvalue weighted by molar-refractivity contribution is -0.123. The van der Waals surface area contributed by atoms with Gasteiger partial charge in [0, 0.05) is 23.6 Å². The summed E-state index contributed by atoms with van der Waals surface area (Å²) in [6.07, 6.45) is -1.18. The van der Waals surface area contributed by atoms with Crippen molar-refractivity contribution in [3.8, 4) is 0 Å². The van der Waals surface area contributed by atoms with Gasteiger partial charge >= 0.3 is 5.97 Å². The van der Waals surface area contributed by atoms with Crippen LogP contribution >= 0.6 is 23.4 Å². The first-order valence-electron chi connectivity index (χ1n) is 9.26. The predicted octanol–water partition coefficient (Wildman–Crippen LogP) is 3.52. The normalized spacial score (nSPS) is 11.5. The molecule has 10 heteroatoms. The Bertz CT molecular complexity index is 944. The molecule has 0 saturated heterocycles. The minimum absolute atomic E-state index is 0.0762. The zero-order valence-electron chi connectivity index (χ0n) is 16.9. The Kier molecular flexibility index (Phi) is 9.77. The smallest absolute Gasteiger partial charge is 0.340 e. The third-order valence-corrected chi connectivity index (χ3v) is 5.24. The lowest BCUT2D eigenvalue weighted by Crippen LogP contribution is -2.30. The molecule has 0 saturated carbocycles. The molecule has 0 spiro atoms. The molecule has 1 atom stereocenters. The highest BCUT2D eigenvalue weighted by Gasteiger charge is 2.22. The maximum absolute atomic E-state index is 13.9. The van der Waals surface area contributed by atoms with Crippen LogP contribution in [-0.2, 0) is 19.1 Å². The number of benzene rings is 2. The number of amides is 2. The lowest BCUT2D eigenvalue weighted by Gasteiger charge is -2.15. The highest BCUT2D eigenvalue weighted by atomic mass is 35.5. The first kappa shape index (κ1) is 24.6. The second-order valence-corrected chi connectivity index (χ2v) is 7.74. The molecular weight excluding hydrogens is 447 g/mol. The number of ether oxygens (including phenoxy) is 2. The number of methoxy groups -OCH3 is 1. The van der Waals surface area contributed by atoms with Gasteiger partial charge in [-0.1, -0.05) is 23.7 Å². The van der Waals surface area contributed by atoms with Crippen LogP contribution < -0.4 is 10.6 Å². The molecule has 0 fully saturated rings. The number of thioether (sulfide) groups is 1. The molecule has 0 radical (unpaired) electrons. The van der Waals surface area contributed by atoms with Crippen molar-refractivity contribution in [1.29, 1.82) is 0 Å². The summed E-state index contributed by atoms with van der Waals surface area (Å²) in [5, 5.41) is 5.23. The molecule has 166 valence electrons. The van der Waals surface area contributed by atoms with Gasteiger partial charge in [0.1, 0.15) is 5.82 Å². The molecule has 31 heavy (non-hydrogen) atoms. The van der Waals surface area contributed by atoms with Gasteiger partial charge in [-0.3, -0.25) is 9.59 Å². The Labute approximate surface area is 188 Å². The molecule has 2 aromatic rings. The Balaban J connectivity index is 1.96. The number of anilines is 1. The lowest BCUT2D eigenvalue weighted by atomic mass is 10.2. The SMILES string of the molecule is COCCNC(=O)CSc1ccccc1C(=O)OC(C)C(=O)Nc1ccc(Cl)cc1F. The highest BCUT2D eigenvalue weighted by Crippen LogP contribution is 2.24. The molecule has 1 unspecified atom stereocenters.